The Labute approximate surface area is 125 Å². The van der Waals surface area contributed by atoms with E-state index in [1.54, 1.807) is 0 Å². The van der Waals surface area contributed by atoms with Crippen LogP contribution in [0.25, 0.3) is 0 Å². The zero-order chi connectivity index (χ0) is 13.7. The second-order valence-electron chi connectivity index (χ2n) is 5.47. The van der Waals surface area contributed by atoms with Gasteiger partial charge in [-0.25, -0.2) is 0 Å². The van der Waals surface area contributed by atoms with Crippen molar-refractivity contribution in [3.05, 3.63) is 34.3 Å². The van der Waals surface area contributed by atoms with Gasteiger partial charge in [0, 0.05) is 17.6 Å². The summed E-state index contributed by atoms with van der Waals surface area (Å²) in [7, 11) is 3.92. The molecule has 0 aliphatic heterocycles. The first-order valence-electron chi connectivity index (χ1n) is 7.17. The van der Waals surface area contributed by atoms with E-state index in [4.69, 9.17) is 4.74 Å². The summed E-state index contributed by atoms with van der Waals surface area (Å²) in [5.74, 6) is 0. The topological polar surface area (TPSA) is 21.3 Å². The minimum absolute atomic E-state index is 0.00226. The molecule has 3 heteroatoms. The lowest BCUT2D eigenvalue weighted by Crippen LogP contribution is -2.53. The molecule has 1 aromatic carbocycles. The van der Waals surface area contributed by atoms with E-state index in [2.05, 4.69) is 52.6 Å². The van der Waals surface area contributed by atoms with Crippen molar-refractivity contribution in [2.24, 2.45) is 0 Å². The minimum atomic E-state index is 0.00226. The molecule has 0 heterocycles. The second-order valence-corrected chi connectivity index (χ2v) is 6.32. The SMILES string of the molecule is CNC(Cc1ccccc1Br)C1(OC)CCCCC1. The van der Waals surface area contributed by atoms with Crippen LogP contribution in [-0.2, 0) is 11.2 Å². The van der Waals surface area contributed by atoms with Crippen molar-refractivity contribution in [1.29, 1.82) is 0 Å². The predicted molar refractivity (Wildman–Crippen MR) is 83.5 cm³/mol. The maximum atomic E-state index is 5.97. The van der Waals surface area contributed by atoms with Gasteiger partial charge in [-0.15, -0.1) is 0 Å². The van der Waals surface area contributed by atoms with Crippen LogP contribution in [-0.4, -0.2) is 25.8 Å². The van der Waals surface area contributed by atoms with Crippen LogP contribution in [0.4, 0.5) is 0 Å². The van der Waals surface area contributed by atoms with Crippen LogP contribution in [0.2, 0.25) is 0 Å². The van der Waals surface area contributed by atoms with Gasteiger partial charge < -0.3 is 10.1 Å². The molecule has 1 fully saturated rings. The summed E-state index contributed by atoms with van der Waals surface area (Å²) in [6.45, 7) is 0. The molecule has 1 N–H and O–H groups in total. The van der Waals surface area contributed by atoms with E-state index in [1.165, 1.54) is 42.1 Å². The zero-order valence-electron chi connectivity index (χ0n) is 11.9. The Hall–Kier alpha value is -0.380. The Bertz CT molecular complexity index is 401. The molecule has 106 valence electrons. The van der Waals surface area contributed by atoms with Crippen LogP contribution < -0.4 is 5.32 Å². The average molecular weight is 326 g/mol. The van der Waals surface area contributed by atoms with E-state index in [0.717, 1.165) is 6.42 Å². The largest absolute Gasteiger partial charge is 0.377 e. The van der Waals surface area contributed by atoms with Gasteiger partial charge in [-0.05, 0) is 37.9 Å². The Morgan fingerprint density at radius 1 is 1.26 bits per heavy atom. The number of rotatable bonds is 5. The van der Waals surface area contributed by atoms with Crippen molar-refractivity contribution < 1.29 is 4.74 Å². The van der Waals surface area contributed by atoms with Gasteiger partial charge in [-0.1, -0.05) is 53.4 Å². The third kappa shape index (κ3) is 3.39. The Morgan fingerprint density at radius 3 is 2.53 bits per heavy atom. The molecule has 0 amide bonds. The van der Waals surface area contributed by atoms with Gasteiger partial charge in [0.15, 0.2) is 0 Å². The fourth-order valence-electron chi connectivity index (χ4n) is 3.28. The number of halogens is 1. The minimum Gasteiger partial charge on any atom is -0.377 e. The first-order chi connectivity index (χ1) is 9.22. The summed E-state index contributed by atoms with van der Waals surface area (Å²) < 4.78 is 7.16. The molecule has 1 aliphatic rings. The lowest BCUT2D eigenvalue weighted by atomic mass is 9.77. The highest BCUT2D eigenvalue weighted by Gasteiger charge is 2.39. The summed E-state index contributed by atoms with van der Waals surface area (Å²) in [6.07, 6.45) is 7.24. The van der Waals surface area contributed by atoms with Crippen molar-refractivity contribution in [3.8, 4) is 0 Å². The Morgan fingerprint density at radius 2 is 1.95 bits per heavy atom. The van der Waals surface area contributed by atoms with Gasteiger partial charge in [-0.3, -0.25) is 0 Å². The van der Waals surface area contributed by atoms with Crippen molar-refractivity contribution in [3.63, 3.8) is 0 Å². The lowest BCUT2D eigenvalue weighted by Gasteiger charge is -2.42. The summed E-state index contributed by atoms with van der Waals surface area (Å²) in [6, 6.07) is 8.85. The lowest BCUT2D eigenvalue weighted by molar-refractivity contribution is -0.0657. The van der Waals surface area contributed by atoms with Crippen molar-refractivity contribution in [1.82, 2.24) is 5.32 Å². The molecule has 19 heavy (non-hydrogen) atoms. The zero-order valence-corrected chi connectivity index (χ0v) is 13.5. The smallest absolute Gasteiger partial charge is 0.0834 e. The first-order valence-corrected chi connectivity index (χ1v) is 7.97. The molecule has 1 unspecified atom stereocenters. The van der Waals surface area contributed by atoms with E-state index in [1.807, 2.05) is 7.11 Å². The molecule has 0 spiro atoms. The van der Waals surface area contributed by atoms with Crippen molar-refractivity contribution in [2.45, 2.75) is 50.2 Å². The van der Waals surface area contributed by atoms with Gasteiger partial charge in [0.2, 0.25) is 0 Å². The quantitative estimate of drug-likeness (QED) is 0.885. The van der Waals surface area contributed by atoms with Crippen LogP contribution in [0.5, 0.6) is 0 Å². The van der Waals surface area contributed by atoms with E-state index in [-0.39, 0.29) is 5.60 Å². The summed E-state index contributed by atoms with van der Waals surface area (Å²) >= 11 is 3.65. The Kier molecular flexibility index (Phi) is 5.43. The highest BCUT2D eigenvalue weighted by atomic mass is 79.9. The fraction of sp³-hybridized carbons (Fsp3) is 0.625. The average Bonchev–Trinajstić information content (AvgIpc) is 2.47. The second kappa shape index (κ2) is 6.87. The molecule has 1 atom stereocenters. The molecule has 0 saturated heterocycles. The van der Waals surface area contributed by atoms with E-state index < -0.39 is 0 Å². The third-order valence-electron chi connectivity index (χ3n) is 4.47. The van der Waals surface area contributed by atoms with Crippen LogP contribution in [0.1, 0.15) is 37.7 Å². The molecule has 1 saturated carbocycles. The summed E-state index contributed by atoms with van der Waals surface area (Å²) in [5.41, 5.74) is 1.35. The van der Waals surface area contributed by atoms with Gasteiger partial charge in [-0.2, -0.15) is 0 Å². The van der Waals surface area contributed by atoms with Crippen molar-refractivity contribution >= 4 is 15.9 Å². The van der Waals surface area contributed by atoms with Gasteiger partial charge >= 0.3 is 0 Å². The van der Waals surface area contributed by atoms with E-state index in [0.29, 0.717) is 6.04 Å². The molecule has 0 bridgehead atoms. The van der Waals surface area contributed by atoms with E-state index >= 15 is 0 Å². The summed E-state index contributed by atoms with van der Waals surface area (Å²) in [5, 5.41) is 3.49. The molecular formula is C16H24BrNO. The van der Waals surface area contributed by atoms with E-state index in [9.17, 15) is 0 Å². The Balaban J connectivity index is 2.17. The standard InChI is InChI=1S/C16H24BrNO/c1-18-15(12-13-8-4-5-9-14(13)17)16(19-2)10-6-3-7-11-16/h4-5,8-9,15,18H,3,6-7,10-12H2,1-2H3. The van der Waals surface area contributed by atoms with Crippen LogP contribution in [0.3, 0.4) is 0 Å². The monoisotopic (exact) mass is 325 g/mol. The molecule has 2 rings (SSSR count). The van der Waals surface area contributed by atoms with Gasteiger partial charge in [0.05, 0.1) is 5.60 Å². The molecule has 0 radical (unpaired) electrons. The van der Waals surface area contributed by atoms with Gasteiger partial charge in [0.25, 0.3) is 0 Å². The third-order valence-corrected chi connectivity index (χ3v) is 5.25. The van der Waals surface area contributed by atoms with Crippen molar-refractivity contribution in [2.75, 3.05) is 14.2 Å². The number of hydrogen-bond acceptors (Lipinski definition) is 2. The normalized spacial score (nSPS) is 20.2. The number of likely N-dealkylation sites (N-methyl/N-ethyl adjacent to an activating group) is 1. The number of nitrogens with one attached hydrogen (secondary N) is 1. The number of hydrogen-bond donors (Lipinski definition) is 1. The maximum Gasteiger partial charge on any atom is 0.0834 e. The van der Waals surface area contributed by atoms with Gasteiger partial charge in [0.1, 0.15) is 0 Å². The summed E-state index contributed by atoms with van der Waals surface area (Å²) in [4.78, 5) is 0. The molecule has 1 aliphatic carbocycles. The number of ether oxygens (including phenoxy) is 1. The van der Waals surface area contributed by atoms with Crippen LogP contribution in [0.15, 0.2) is 28.7 Å². The number of methoxy groups -OCH3 is 1. The molecule has 0 aromatic heterocycles. The highest BCUT2D eigenvalue weighted by Crippen LogP contribution is 2.35. The predicted octanol–water partition coefficient (Wildman–Crippen LogP) is 3.93. The first kappa shape index (κ1) is 15.0. The molecular weight excluding hydrogens is 302 g/mol. The molecule has 2 nitrogen and oxygen atoms in total. The van der Waals surface area contributed by atoms with Crippen LogP contribution in [0, 0.1) is 0 Å². The van der Waals surface area contributed by atoms with Crippen LogP contribution >= 0.6 is 15.9 Å². The molecule has 1 aromatic rings. The maximum absolute atomic E-state index is 5.97. The fourth-order valence-corrected chi connectivity index (χ4v) is 3.73. The number of benzene rings is 1. The highest BCUT2D eigenvalue weighted by molar-refractivity contribution is 9.10.